The average molecular weight is 192 g/mol. The Morgan fingerprint density at radius 2 is 2.43 bits per heavy atom. The van der Waals surface area contributed by atoms with Crippen LogP contribution in [-0.4, -0.2) is 23.3 Å². The van der Waals surface area contributed by atoms with E-state index in [4.69, 9.17) is 0 Å². The fourth-order valence-electron chi connectivity index (χ4n) is 1.04. The van der Waals surface area contributed by atoms with E-state index in [1.54, 1.807) is 29.1 Å². The van der Waals surface area contributed by atoms with Gasteiger partial charge in [0.1, 0.15) is 6.54 Å². The van der Waals surface area contributed by atoms with Crippen LogP contribution in [0.5, 0.6) is 0 Å². The summed E-state index contributed by atoms with van der Waals surface area (Å²) >= 11 is 0. The molecule has 0 saturated carbocycles. The van der Waals surface area contributed by atoms with E-state index in [9.17, 15) is 9.59 Å². The molecule has 0 fully saturated rings. The third-order valence-corrected chi connectivity index (χ3v) is 1.68. The standard InChI is InChI=1S/C10H12N2O2/c1-2-4-11-10(14)7-12-5-3-9(6-12)8-13/h2-3,5-6,8H,1,4,7H2,(H,11,14). The van der Waals surface area contributed by atoms with E-state index >= 15 is 0 Å². The van der Waals surface area contributed by atoms with E-state index in [0.717, 1.165) is 6.29 Å². The topological polar surface area (TPSA) is 51.1 Å². The Kier molecular flexibility index (Phi) is 3.67. The van der Waals surface area contributed by atoms with E-state index in [2.05, 4.69) is 11.9 Å². The quantitative estimate of drug-likeness (QED) is 0.548. The number of nitrogens with one attached hydrogen (secondary N) is 1. The second kappa shape index (κ2) is 5.01. The fraction of sp³-hybridized carbons (Fsp3) is 0.200. The number of rotatable bonds is 5. The lowest BCUT2D eigenvalue weighted by Crippen LogP contribution is -2.27. The van der Waals surface area contributed by atoms with Gasteiger partial charge in [-0.2, -0.15) is 0 Å². The summed E-state index contributed by atoms with van der Waals surface area (Å²) in [6, 6.07) is 1.66. The van der Waals surface area contributed by atoms with Gasteiger partial charge in [0.15, 0.2) is 6.29 Å². The summed E-state index contributed by atoms with van der Waals surface area (Å²) in [5, 5.41) is 2.64. The zero-order valence-corrected chi connectivity index (χ0v) is 7.77. The van der Waals surface area contributed by atoms with Crippen molar-refractivity contribution in [3.8, 4) is 0 Å². The van der Waals surface area contributed by atoms with Gasteiger partial charge in [-0.1, -0.05) is 6.08 Å². The molecule has 1 amide bonds. The zero-order valence-electron chi connectivity index (χ0n) is 7.77. The first kappa shape index (κ1) is 10.2. The van der Waals surface area contributed by atoms with Gasteiger partial charge in [-0.3, -0.25) is 9.59 Å². The van der Waals surface area contributed by atoms with Gasteiger partial charge >= 0.3 is 0 Å². The van der Waals surface area contributed by atoms with Crippen LogP contribution in [-0.2, 0) is 11.3 Å². The van der Waals surface area contributed by atoms with Crippen LogP contribution in [0.1, 0.15) is 10.4 Å². The molecular weight excluding hydrogens is 180 g/mol. The van der Waals surface area contributed by atoms with E-state index < -0.39 is 0 Å². The molecule has 14 heavy (non-hydrogen) atoms. The van der Waals surface area contributed by atoms with Crippen molar-refractivity contribution in [2.24, 2.45) is 0 Å². The van der Waals surface area contributed by atoms with Gasteiger partial charge in [-0.25, -0.2) is 0 Å². The minimum Gasteiger partial charge on any atom is -0.351 e. The predicted octanol–water partition coefficient (Wildman–Crippen LogP) is 0.603. The molecule has 0 radical (unpaired) electrons. The first-order valence-electron chi connectivity index (χ1n) is 4.25. The summed E-state index contributed by atoms with van der Waals surface area (Å²) < 4.78 is 1.65. The maximum absolute atomic E-state index is 11.2. The van der Waals surface area contributed by atoms with Crippen LogP contribution in [0.4, 0.5) is 0 Å². The Morgan fingerprint density at radius 1 is 1.64 bits per heavy atom. The number of hydrogen-bond donors (Lipinski definition) is 1. The van der Waals surface area contributed by atoms with Gasteiger partial charge in [-0.15, -0.1) is 6.58 Å². The second-order valence-corrected chi connectivity index (χ2v) is 2.83. The highest BCUT2D eigenvalue weighted by Crippen LogP contribution is 1.97. The molecule has 0 aromatic carbocycles. The van der Waals surface area contributed by atoms with Crippen LogP contribution in [0.15, 0.2) is 31.1 Å². The number of aromatic nitrogens is 1. The van der Waals surface area contributed by atoms with Crippen molar-refractivity contribution in [3.05, 3.63) is 36.7 Å². The minimum atomic E-state index is -0.0991. The first-order valence-corrected chi connectivity index (χ1v) is 4.25. The Balaban J connectivity index is 2.47. The monoisotopic (exact) mass is 192 g/mol. The van der Waals surface area contributed by atoms with Crippen molar-refractivity contribution >= 4 is 12.2 Å². The van der Waals surface area contributed by atoms with Crippen molar-refractivity contribution in [1.82, 2.24) is 9.88 Å². The van der Waals surface area contributed by atoms with Gasteiger partial charge in [0.2, 0.25) is 5.91 Å². The van der Waals surface area contributed by atoms with Crippen LogP contribution in [0.25, 0.3) is 0 Å². The second-order valence-electron chi connectivity index (χ2n) is 2.83. The van der Waals surface area contributed by atoms with Crippen molar-refractivity contribution in [2.45, 2.75) is 6.54 Å². The number of carbonyl (C=O) groups is 2. The summed E-state index contributed by atoms with van der Waals surface area (Å²) in [5.41, 5.74) is 0.571. The number of aldehydes is 1. The van der Waals surface area contributed by atoms with Crippen LogP contribution < -0.4 is 5.32 Å². The maximum atomic E-state index is 11.2. The fourth-order valence-corrected chi connectivity index (χ4v) is 1.04. The SMILES string of the molecule is C=CCNC(=O)Cn1ccc(C=O)c1. The van der Waals surface area contributed by atoms with E-state index in [1.807, 2.05) is 0 Å². The molecule has 0 aliphatic heterocycles. The molecule has 0 spiro atoms. The lowest BCUT2D eigenvalue weighted by Gasteiger charge is -2.02. The van der Waals surface area contributed by atoms with Crippen molar-refractivity contribution < 1.29 is 9.59 Å². The zero-order chi connectivity index (χ0) is 10.4. The lowest BCUT2D eigenvalue weighted by atomic mass is 10.4. The van der Waals surface area contributed by atoms with Crippen LogP contribution in [0, 0.1) is 0 Å². The molecule has 0 unspecified atom stereocenters. The number of amides is 1. The molecule has 4 heteroatoms. The highest BCUT2D eigenvalue weighted by atomic mass is 16.1. The molecule has 0 bridgehead atoms. The molecule has 1 heterocycles. The third-order valence-electron chi connectivity index (χ3n) is 1.68. The molecule has 0 saturated heterocycles. The van der Waals surface area contributed by atoms with Gasteiger partial charge in [0.25, 0.3) is 0 Å². The molecule has 4 nitrogen and oxygen atoms in total. The molecule has 74 valence electrons. The van der Waals surface area contributed by atoms with Gasteiger partial charge in [-0.05, 0) is 6.07 Å². The van der Waals surface area contributed by atoms with Crippen molar-refractivity contribution in [1.29, 1.82) is 0 Å². The summed E-state index contributed by atoms with van der Waals surface area (Å²) in [4.78, 5) is 21.6. The lowest BCUT2D eigenvalue weighted by molar-refractivity contribution is -0.121. The minimum absolute atomic E-state index is 0.0991. The number of nitrogens with zero attached hydrogens (tertiary/aromatic N) is 1. The molecule has 0 aliphatic rings. The van der Waals surface area contributed by atoms with E-state index in [1.165, 1.54) is 0 Å². The van der Waals surface area contributed by atoms with E-state index in [-0.39, 0.29) is 12.5 Å². The summed E-state index contributed by atoms with van der Waals surface area (Å²) in [6.07, 6.45) is 5.68. The summed E-state index contributed by atoms with van der Waals surface area (Å²) in [5.74, 6) is -0.0991. The van der Waals surface area contributed by atoms with E-state index in [0.29, 0.717) is 12.1 Å². The smallest absolute Gasteiger partial charge is 0.240 e. The summed E-state index contributed by atoms with van der Waals surface area (Å²) in [7, 11) is 0. The van der Waals surface area contributed by atoms with Crippen molar-refractivity contribution in [2.75, 3.05) is 6.54 Å². The molecule has 1 aromatic rings. The Hall–Kier alpha value is -1.84. The highest BCUT2D eigenvalue weighted by Gasteiger charge is 2.01. The first-order chi connectivity index (χ1) is 6.76. The average Bonchev–Trinajstić information content (AvgIpc) is 2.62. The molecule has 1 N–H and O–H groups in total. The van der Waals surface area contributed by atoms with Crippen LogP contribution in [0.2, 0.25) is 0 Å². The van der Waals surface area contributed by atoms with Crippen LogP contribution in [0.3, 0.4) is 0 Å². The summed E-state index contributed by atoms with van der Waals surface area (Å²) in [6.45, 7) is 4.17. The normalized spacial score (nSPS) is 9.43. The predicted molar refractivity (Wildman–Crippen MR) is 53.0 cm³/mol. The van der Waals surface area contributed by atoms with Gasteiger partial charge < -0.3 is 9.88 Å². The Morgan fingerprint density at radius 3 is 3.00 bits per heavy atom. The highest BCUT2D eigenvalue weighted by molar-refractivity contribution is 5.77. The Labute approximate surface area is 82.2 Å². The Bertz CT molecular complexity index is 342. The molecule has 0 aliphatic carbocycles. The number of carbonyl (C=O) groups excluding carboxylic acids is 2. The van der Waals surface area contributed by atoms with Gasteiger partial charge in [0, 0.05) is 24.5 Å². The van der Waals surface area contributed by atoms with Crippen molar-refractivity contribution in [3.63, 3.8) is 0 Å². The van der Waals surface area contributed by atoms with Gasteiger partial charge in [0.05, 0.1) is 0 Å². The third kappa shape index (κ3) is 2.90. The molecule has 1 rings (SSSR count). The molecular formula is C10H12N2O2. The van der Waals surface area contributed by atoms with Crippen LogP contribution >= 0.6 is 0 Å². The maximum Gasteiger partial charge on any atom is 0.240 e. The molecule has 1 aromatic heterocycles. The largest absolute Gasteiger partial charge is 0.351 e. The number of hydrogen-bond acceptors (Lipinski definition) is 2. The molecule has 0 atom stereocenters.